The Kier molecular flexibility index (Phi) is 3.04. The first kappa shape index (κ1) is 14.0. The molecule has 0 spiro atoms. The van der Waals surface area contributed by atoms with Crippen LogP contribution in [0.5, 0.6) is 0 Å². The SMILES string of the molecule is CC1CCC(C)(C(=O)O)[N+]1(C(=O)O)C(C)(C)C. The Hall–Kier alpha value is -1.10. The maximum atomic E-state index is 11.8. The maximum Gasteiger partial charge on any atom is 0.515 e. The number of hydrogen-bond acceptors (Lipinski definition) is 2. The molecule has 1 rings (SSSR count). The van der Waals surface area contributed by atoms with Crippen molar-refractivity contribution in [1.82, 2.24) is 0 Å². The van der Waals surface area contributed by atoms with E-state index < -0.39 is 27.6 Å². The Bertz CT molecular complexity index is 360. The second-order valence-electron chi connectivity index (χ2n) is 6.14. The van der Waals surface area contributed by atoms with E-state index in [1.807, 2.05) is 6.92 Å². The van der Waals surface area contributed by atoms with Crippen LogP contribution in [-0.2, 0) is 4.79 Å². The minimum Gasteiger partial charge on any atom is -0.477 e. The molecule has 1 aliphatic rings. The van der Waals surface area contributed by atoms with Gasteiger partial charge in [-0.15, -0.1) is 0 Å². The van der Waals surface area contributed by atoms with E-state index >= 15 is 0 Å². The summed E-state index contributed by atoms with van der Waals surface area (Å²) in [7, 11) is 0. The summed E-state index contributed by atoms with van der Waals surface area (Å²) in [5.74, 6) is -1.03. The maximum absolute atomic E-state index is 11.8. The topological polar surface area (TPSA) is 74.6 Å². The predicted octanol–water partition coefficient (Wildman–Crippen LogP) is 2.31. The van der Waals surface area contributed by atoms with Crippen molar-refractivity contribution in [1.29, 1.82) is 0 Å². The van der Waals surface area contributed by atoms with Gasteiger partial charge in [0, 0.05) is 19.8 Å². The van der Waals surface area contributed by atoms with Gasteiger partial charge in [0.15, 0.2) is 0 Å². The molecule has 17 heavy (non-hydrogen) atoms. The number of carbonyl (C=O) groups is 2. The molecular weight excluding hydrogens is 222 g/mol. The molecule has 3 atom stereocenters. The average molecular weight is 244 g/mol. The highest BCUT2D eigenvalue weighted by Gasteiger charge is 2.70. The average Bonchev–Trinajstić information content (AvgIpc) is 2.39. The molecule has 1 amide bonds. The fourth-order valence-electron chi connectivity index (χ4n) is 3.69. The summed E-state index contributed by atoms with van der Waals surface area (Å²) in [5.41, 5.74) is -1.92. The molecule has 1 fully saturated rings. The standard InChI is InChI=1S/C12H21NO4/c1-8-6-7-12(5,9(14)15)13(8,10(16)17)11(2,3)4/h8H,6-7H2,1-5H3,(H-,14,15,16,17)/p+1. The van der Waals surface area contributed by atoms with Crippen molar-refractivity contribution in [2.75, 3.05) is 0 Å². The zero-order valence-corrected chi connectivity index (χ0v) is 11.1. The number of nitrogens with zero attached hydrogens (tertiary/aromatic N) is 1. The van der Waals surface area contributed by atoms with E-state index in [-0.39, 0.29) is 6.04 Å². The first-order valence-electron chi connectivity index (χ1n) is 5.87. The summed E-state index contributed by atoms with van der Waals surface area (Å²) in [4.78, 5) is 23.4. The molecule has 1 heterocycles. The largest absolute Gasteiger partial charge is 0.515 e. The number of rotatable bonds is 1. The lowest BCUT2D eigenvalue weighted by molar-refractivity contribution is -0.947. The van der Waals surface area contributed by atoms with Gasteiger partial charge in [0.1, 0.15) is 5.54 Å². The van der Waals surface area contributed by atoms with Crippen molar-refractivity contribution in [2.24, 2.45) is 0 Å². The van der Waals surface area contributed by atoms with Gasteiger partial charge in [-0.25, -0.2) is 9.28 Å². The van der Waals surface area contributed by atoms with Gasteiger partial charge in [0.2, 0.25) is 5.54 Å². The molecule has 0 aromatic carbocycles. The van der Waals surface area contributed by atoms with E-state index in [9.17, 15) is 19.8 Å². The van der Waals surface area contributed by atoms with Crippen LogP contribution in [0, 0.1) is 0 Å². The lowest BCUT2D eigenvalue weighted by Crippen LogP contribution is -2.75. The molecule has 1 aliphatic heterocycles. The highest BCUT2D eigenvalue weighted by atomic mass is 16.4. The minimum absolute atomic E-state index is 0.200. The number of amides is 1. The first-order chi connectivity index (χ1) is 7.51. The highest BCUT2D eigenvalue weighted by Crippen LogP contribution is 2.48. The predicted molar refractivity (Wildman–Crippen MR) is 62.8 cm³/mol. The molecule has 0 radical (unpaired) electrons. The molecule has 3 unspecified atom stereocenters. The summed E-state index contributed by atoms with van der Waals surface area (Å²) < 4.78 is -0.407. The second-order valence-corrected chi connectivity index (χ2v) is 6.14. The lowest BCUT2D eigenvalue weighted by atomic mass is 9.89. The molecule has 0 saturated carbocycles. The monoisotopic (exact) mass is 244 g/mol. The third-order valence-electron chi connectivity index (χ3n) is 4.31. The number of likely N-dealkylation sites (tertiary alicyclic amines) is 1. The van der Waals surface area contributed by atoms with Crippen LogP contribution < -0.4 is 0 Å². The van der Waals surface area contributed by atoms with Crippen LogP contribution in [0.2, 0.25) is 0 Å². The normalized spacial score (nSPS) is 38.1. The summed E-state index contributed by atoms with van der Waals surface area (Å²) in [6, 6.07) is -0.200. The zero-order chi connectivity index (χ0) is 13.6. The van der Waals surface area contributed by atoms with Crippen molar-refractivity contribution < 1.29 is 24.3 Å². The third kappa shape index (κ3) is 1.48. The van der Waals surface area contributed by atoms with Crippen LogP contribution in [0.1, 0.15) is 47.5 Å². The summed E-state index contributed by atoms with van der Waals surface area (Å²) in [5, 5.41) is 19.1. The number of hydrogen-bond donors (Lipinski definition) is 2. The molecule has 0 bridgehead atoms. The van der Waals surface area contributed by atoms with Gasteiger partial charge < -0.3 is 10.2 Å². The van der Waals surface area contributed by atoms with Gasteiger partial charge in [-0.05, 0) is 27.7 Å². The first-order valence-corrected chi connectivity index (χ1v) is 5.87. The van der Waals surface area contributed by atoms with E-state index in [1.54, 1.807) is 27.7 Å². The zero-order valence-electron chi connectivity index (χ0n) is 11.1. The fraction of sp³-hybridized carbons (Fsp3) is 0.833. The molecular formula is C12H22NO4+. The molecule has 0 aromatic heterocycles. The van der Waals surface area contributed by atoms with Gasteiger partial charge in [-0.3, -0.25) is 0 Å². The van der Waals surface area contributed by atoms with E-state index in [1.165, 1.54) is 0 Å². The van der Waals surface area contributed by atoms with Crippen molar-refractivity contribution in [2.45, 2.75) is 64.6 Å². The third-order valence-corrected chi connectivity index (χ3v) is 4.31. The van der Waals surface area contributed by atoms with Gasteiger partial charge in [0.05, 0.1) is 6.04 Å². The van der Waals surface area contributed by atoms with Crippen LogP contribution in [-0.4, -0.2) is 43.9 Å². The molecule has 1 saturated heterocycles. The molecule has 5 nitrogen and oxygen atoms in total. The molecule has 0 aromatic rings. The Balaban J connectivity index is 3.55. The van der Waals surface area contributed by atoms with Crippen LogP contribution in [0.3, 0.4) is 0 Å². The molecule has 98 valence electrons. The van der Waals surface area contributed by atoms with Gasteiger partial charge in [0.25, 0.3) is 0 Å². The number of aliphatic carboxylic acids is 1. The quantitative estimate of drug-likeness (QED) is 0.694. The van der Waals surface area contributed by atoms with E-state index in [2.05, 4.69) is 0 Å². The van der Waals surface area contributed by atoms with E-state index in [0.29, 0.717) is 12.8 Å². The van der Waals surface area contributed by atoms with Crippen LogP contribution in [0.15, 0.2) is 0 Å². The fourth-order valence-corrected chi connectivity index (χ4v) is 3.69. The summed E-state index contributed by atoms with van der Waals surface area (Å²) in [6.07, 6.45) is -0.0354. The summed E-state index contributed by atoms with van der Waals surface area (Å²) >= 11 is 0. The number of carboxylic acid groups (broad SMARTS) is 2. The van der Waals surface area contributed by atoms with E-state index in [0.717, 1.165) is 0 Å². The van der Waals surface area contributed by atoms with Crippen LogP contribution >= 0.6 is 0 Å². The number of quaternary nitrogens is 1. The van der Waals surface area contributed by atoms with Crippen molar-refractivity contribution >= 4 is 12.1 Å². The van der Waals surface area contributed by atoms with Crippen LogP contribution in [0.4, 0.5) is 4.79 Å². The Morgan fingerprint density at radius 2 is 1.76 bits per heavy atom. The van der Waals surface area contributed by atoms with E-state index in [4.69, 9.17) is 0 Å². The van der Waals surface area contributed by atoms with Gasteiger partial charge in [-0.2, -0.15) is 4.79 Å². The van der Waals surface area contributed by atoms with Gasteiger partial charge >= 0.3 is 12.1 Å². The number of carboxylic acids is 1. The Morgan fingerprint density at radius 3 is 2.00 bits per heavy atom. The van der Waals surface area contributed by atoms with Gasteiger partial charge in [-0.1, -0.05) is 0 Å². The van der Waals surface area contributed by atoms with Crippen molar-refractivity contribution in [3.05, 3.63) is 0 Å². The van der Waals surface area contributed by atoms with Crippen molar-refractivity contribution in [3.63, 3.8) is 0 Å². The summed E-state index contributed by atoms with van der Waals surface area (Å²) in [6.45, 7) is 8.77. The molecule has 0 aliphatic carbocycles. The highest BCUT2D eigenvalue weighted by molar-refractivity contribution is 5.80. The lowest BCUT2D eigenvalue weighted by Gasteiger charge is -2.50. The molecule has 5 heteroatoms. The van der Waals surface area contributed by atoms with Crippen LogP contribution in [0.25, 0.3) is 0 Å². The smallest absolute Gasteiger partial charge is 0.477 e. The van der Waals surface area contributed by atoms with Crippen molar-refractivity contribution in [3.8, 4) is 0 Å². The Labute approximate surface area is 102 Å². The minimum atomic E-state index is -1.26. The second kappa shape index (κ2) is 3.70. The molecule has 2 N–H and O–H groups in total. The Morgan fingerprint density at radius 1 is 1.29 bits per heavy atom.